The molecule has 1 saturated heterocycles. The van der Waals surface area contributed by atoms with Gasteiger partial charge in [-0.2, -0.15) is 0 Å². The van der Waals surface area contributed by atoms with E-state index in [9.17, 15) is 9.59 Å². The van der Waals surface area contributed by atoms with Gasteiger partial charge in [0.1, 0.15) is 17.1 Å². The molecule has 2 unspecified atom stereocenters. The van der Waals surface area contributed by atoms with E-state index in [4.69, 9.17) is 13.9 Å². The minimum atomic E-state index is -0.809. The summed E-state index contributed by atoms with van der Waals surface area (Å²) in [5.74, 6) is 0.915. The summed E-state index contributed by atoms with van der Waals surface area (Å²) in [5.41, 5.74) is -1.42. The molecule has 1 fully saturated rings. The predicted molar refractivity (Wildman–Crippen MR) is 132 cm³/mol. The number of hydrogen-bond donors (Lipinski definition) is 3. The molecule has 2 atom stereocenters. The monoisotopic (exact) mass is 565 g/mol. The third-order valence-corrected chi connectivity index (χ3v) is 4.68. The van der Waals surface area contributed by atoms with Crippen LogP contribution in [-0.2, 0) is 20.8 Å². The summed E-state index contributed by atoms with van der Waals surface area (Å²) in [7, 11) is 1.61. The van der Waals surface area contributed by atoms with Gasteiger partial charge in [-0.05, 0) is 53.7 Å². The molecule has 11 heteroatoms. The molecule has 2 rings (SSSR count). The van der Waals surface area contributed by atoms with Crippen LogP contribution >= 0.6 is 24.0 Å². The highest BCUT2D eigenvalue weighted by Crippen LogP contribution is 2.33. The maximum atomic E-state index is 12.8. The Hall–Kier alpha value is -2.02. The summed E-state index contributed by atoms with van der Waals surface area (Å²) in [6.07, 6.45) is 0.903. The molecule has 1 aliphatic heterocycles. The maximum absolute atomic E-state index is 12.8. The summed E-state index contributed by atoms with van der Waals surface area (Å²) in [6, 6.07) is 3.27. The molecule has 0 saturated carbocycles. The first-order valence-corrected chi connectivity index (χ1v) is 10.4. The molecule has 2 heterocycles. The average Bonchev–Trinajstić information content (AvgIpc) is 3.23. The Kier molecular flexibility index (Phi) is 10.3. The van der Waals surface area contributed by atoms with Crippen molar-refractivity contribution in [3.63, 3.8) is 0 Å². The van der Waals surface area contributed by atoms with Gasteiger partial charge in [0.25, 0.3) is 0 Å². The van der Waals surface area contributed by atoms with Crippen LogP contribution < -0.4 is 16.0 Å². The van der Waals surface area contributed by atoms with Crippen molar-refractivity contribution in [3.05, 3.63) is 24.2 Å². The number of guanidine groups is 1. The standard InChI is InChI=1S/C21H35N5O5.HI/c1-14-16(26(21(5,6)30-14)19(28)31-20(2,3)4)12-24-18(22-7)25-13-17(27)23-11-15-9-8-10-29-15;/h8-10,14,16H,11-13H2,1-7H3,(H,23,27)(H2,22,24,25);1H. The van der Waals surface area contributed by atoms with Crippen molar-refractivity contribution in [2.45, 2.75) is 71.6 Å². The number of furan rings is 1. The normalized spacial score (nSPS) is 20.3. The number of rotatable bonds is 6. The van der Waals surface area contributed by atoms with Crippen LogP contribution in [0.4, 0.5) is 4.79 Å². The van der Waals surface area contributed by atoms with Crippen LogP contribution in [0.1, 0.15) is 47.3 Å². The van der Waals surface area contributed by atoms with E-state index in [1.165, 1.54) is 0 Å². The van der Waals surface area contributed by atoms with Crippen molar-refractivity contribution < 1.29 is 23.5 Å². The first-order valence-electron chi connectivity index (χ1n) is 10.4. The van der Waals surface area contributed by atoms with Crippen molar-refractivity contribution in [2.75, 3.05) is 20.1 Å². The SMILES string of the molecule is CN=C(NCC(=O)NCc1ccco1)NCC1C(C)OC(C)(C)N1C(=O)OC(C)(C)C.I. The lowest BCUT2D eigenvalue weighted by atomic mass is 10.1. The van der Waals surface area contributed by atoms with E-state index < -0.39 is 17.4 Å². The number of nitrogens with one attached hydrogen (secondary N) is 3. The number of amides is 2. The van der Waals surface area contributed by atoms with Crippen LogP contribution in [0.5, 0.6) is 0 Å². The molecule has 182 valence electrons. The summed E-state index contributed by atoms with van der Waals surface area (Å²) in [5, 5.41) is 8.88. The van der Waals surface area contributed by atoms with E-state index in [2.05, 4.69) is 20.9 Å². The molecule has 2 amide bonds. The van der Waals surface area contributed by atoms with Crippen LogP contribution in [0.25, 0.3) is 0 Å². The second-order valence-corrected chi connectivity index (χ2v) is 8.85. The van der Waals surface area contributed by atoms with E-state index >= 15 is 0 Å². The van der Waals surface area contributed by atoms with Crippen LogP contribution in [0, 0.1) is 0 Å². The molecule has 1 aliphatic rings. The Morgan fingerprint density at radius 1 is 1.25 bits per heavy atom. The third kappa shape index (κ3) is 8.15. The van der Waals surface area contributed by atoms with Crippen molar-refractivity contribution in [2.24, 2.45) is 4.99 Å². The molecule has 0 aromatic carbocycles. The second kappa shape index (κ2) is 11.7. The minimum absolute atomic E-state index is 0. The minimum Gasteiger partial charge on any atom is -0.467 e. The van der Waals surface area contributed by atoms with Crippen molar-refractivity contribution in [1.82, 2.24) is 20.9 Å². The molecular weight excluding hydrogens is 529 g/mol. The fourth-order valence-corrected chi connectivity index (χ4v) is 3.37. The first-order chi connectivity index (χ1) is 14.4. The Morgan fingerprint density at radius 2 is 1.94 bits per heavy atom. The maximum Gasteiger partial charge on any atom is 0.412 e. The van der Waals surface area contributed by atoms with Gasteiger partial charge in [0, 0.05) is 13.6 Å². The first kappa shape index (κ1) is 28.0. The van der Waals surface area contributed by atoms with Gasteiger partial charge >= 0.3 is 6.09 Å². The zero-order valence-electron chi connectivity index (χ0n) is 19.9. The Balaban J connectivity index is 0.00000512. The number of aliphatic imine (C=N–C) groups is 1. The molecule has 3 N–H and O–H groups in total. The molecular formula is C21H36IN5O5. The molecule has 0 aliphatic carbocycles. The quantitative estimate of drug-likeness (QED) is 0.276. The van der Waals surface area contributed by atoms with E-state index in [-0.39, 0.29) is 48.6 Å². The van der Waals surface area contributed by atoms with Gasteiger partial charge in [-0.25, -0.2) is 4.79 Å². The fraction of sp³-hybridized carbons (Fsp3) is 0.667. The highest BCUT2D eigenvalue weighted by molar-refractivity contribution is 14.0. The van der Waals surface area contributed by atoms with E-state index in [1.54, 1.807) is 30.3 Å². The summed E-state index contributed by atoms with van der Waals surface area (Å²) in [6.45, 7) is 11.8. The molecule has 1 aromatic heterocycles. The smallest absolute Gasteiger partial charge is 0.412 e. The number of carbonyl (C=O) groups excluding carboxylic acids is 2. The van der Waals surface area contributed by atoms with Gasteiger partial charge in [0.05, 0.1) is 31.5 Å². The fourth-order valence-electron chi connectivity index (χ4n) is 3.37. The molecule has 0 spiro atoms. The predicted octanol–water partition coefficient (Wildman–Crippen LogP) is 2.44. The van der Waals surface area contributed by atoms with Gasteiger partial charge in [-0.15, -0.1) is 24.0 Å². The Labute approximate surface area is 206 Å². The summed E-state index contributed by atoms with van der Waals surface area (Å²) in [4.78, 5) is 30.6. The average molecular weight is 565 g/mol. The lowest BCUT2D eigenvalue weighted by molar-refractivity contribution is -0.120. The number of carbonyl (C=O) groups is 2. The largest absolute Gasteiger partial charge is 0.467 e. The second-order valence-electron chi connectivity index (χ2n) is 8.85. The van der Waals surface area contributed by atoms with Crippen LogP contribution in [0.2, 0.25) is 0 Å². The van der Waals surface area contributed by atoms with Gasteiger partial charge in [-0.3, -0.25) is 14.7 Å². The Bertz CT molecular complexity index is 776. The highest BCUT2D eigenvalue weighted by Gasteiger charge is 2.49. The number of ether oxygens (including phenoxy) is 2. The number of nitrogens with zero attached hydrogens (tertiary/aromatic N) is 2. The molecule has 10 nitrogen and oxygen atoms in total. The van der Waals surface area contributed by atoms with Crippen LogP contribution in [0.15, 0.2) is 27.8 Å². The van der Waals surface area contributed by atoms with Crippen LogP contribution in [-0.4, -0.2) is 66.5 Å². The number of halogens is 1. The molecule has 1 aromatic rings. The van der Waals surface area contributed by atoms with E-state index in [0.717, 1.165) is 0 Å². The molecule has 0 radical (unpaired) electrons. The highest BCUT2D eigenvalue weighted by atomic mass is 127. The van der Waals surface area contributed by atoms with Crippen molar-refractivity contribution >= 4 is 41.9 Å². The van der Waals surface area contributed by atoms with Gasteiger partial charge < -0.3 is 29.8 Å². The Morgan fingerprint density at radius 3 is 2.50 bits per heavy atom. The third-order valence-electron chi connectivity index (χ3n) is 4.68. The molecule has 0 bridgehead atoms. The van der Waals surface area contributed by atoms with Gasteiger partial charge in [0.2, 0.25) is 5.91 Å². The zero-order chi connectivity index (χ0) is 23.2. The number of hydrogen-bond acceptors (Lipinski definition) is 6. The summed E-state index contributed by atoms with van der Waals surface area (Å²) >= 11 is 0. The lowest BCUT2D eigenvalue weighted by Crippen LogP contribution is -2.54. The van der Waals surface area contributed by atoms with Crippen molar-refractivity contribution in [1.29, 1.82) is 0 Å². The van der Waals surface area contributed by atoms with Crippen LogP contribution in [0.3, 0.4) is 0 Å². The topological polar surface area (TPSA) is 117 Å². The van der Waals surface area contributed by atoms with E-state index in [0.29, 0.717) is 24.8 Å². The van der Waals surface area contributed by atoms with Gasteiger partial charge in [0.15, 0.2) is 5.96 Å². The van der Waals surface area contributed by atoms with E-state index in [1.807, 2.05) is 41.5 Å². The lowest BCUT2D eigenvalue weighted by Gasteiger charge is -2.35. The van der Waals surface area contributed by atoms with Crippen molar-refractivity contribution in [3.8, 4) is 0 Å². The van der Waals surface area contributed by atoms with Gasteiger partial charge in [-0.1, -0.05) is 0 Å². The molecule has 32 heavy (non-hydrogen) atoms. The summed E-state index contributed by atoms with van der Waals surface area (Å²) < 4.78 is 16.8. The zero-order valence-corrected chi connectivity index (χ0v) is 22.2.